The second kappa shape index (κ2) is 9.71. The van der Waals surface area contributed by atoms with Gasteiger partial charge in [0.15, 0.2) is 0 Å². The predicted molar refractivity (Wildman–Crippen MR) is 138 cm³/mol. The molecule has 1 N–H and O–H groups in total. The van der Waals surface area contributed by atoms with Crippen LogP contribution in [0.15, 0.2) is 89.7 Å². The molecule has 0 saturated carbocycles. The third kappa shape index (κ3) is 4.69. The molecule has 1 aliphatic heterocycles. The lowest BCUT2D eigenvalue weighted by molar-refractivity contribution is -0.117. The molecule has 1 amide bonds. The van der Waals surface area contributed by atoms with E-state index in [0.29, 0.717) is 11.6 Å². The van der Waals surface area contributed by atoms with Crippen LogP contribution in [0.2, 0.25) is 5.02 Å². The highest BCUT2D eigenvalue weighted by atomic mass is 35.5. The molecule has 0 radical (unpaired) electrons. The molecule has 5 rings (SSSR count). The van der Waals surface area contributed by atoms with Crippen molar-refractivity contribution in [3.63, 3.8) is 0 Å². The third-order valence-electron chi connectivity index (χ3n) is 6.12. The first-order valence-electron chi connectivity index (χ1n) is 11.3. The molecule has 4 aromatic rings. The molecule has 0 unspecified atom stereocenters. The maximum absolute atomic E-state index is 13.2. The zero-order valence-corrected chi connectivity index (χ0v) is 19.4. The molecule has 172 valence electrons. The lowest BCUT2D eigenvalue weighted by Gasteiger charge is -2.36. The second-order valence-electron chi connectivity index (χ2n) is 8.37. The van der Waals surface area contributed by atoms with Crippen molar-refractivity contribution in [1.82, 2.24) is 9.47 Å². The Balaban J connectivity index is 1.31. The molecule has 0 aliphatic carbocycles. The van der Waals surface area contributed by atoms with E-state index in [4.69, 9.17) is 11.6 Å². The van der Waals surface area contributed by atoms with Crippen LogP contribution in [0.4, 0.5) is 11.4 Å². The summed E-state index contributed by atoms with van der Waals surface area (Å²) in [6, 6.07) is 26.6. The SMILES string of the molecule is O=C(CN1CCN(c2cc(=O)n(-c3ccccc3)c3ccccc23)CC1)Nc1ccc(Cl)cc1. The number of para-hydroxylation sites is 2. The summed E-state index contributed by atoms with van der Waals surface area (Å²) in [5, 5.41) is 4.59. The molecule has 0 atom stereocenters. The summed E-state index contributed by atoms with van der Waals surface area (Å²) in [6.45, 7) is 3.29. The van der Waals surface area contributed by atoms with Gasteiger partial charge in [0.25, 0.3) is 5.56 Å². The van der Waals surface area contributed by atoms with E-state index < -0.39 is 0 Å². The highest BCUT2D eigenvalue weighted by molar-refractivity contribution is 6.30. The van der Waals surface area contributed by atoms with Crippen LogP contribution in [0, 0.1) is 0 Å². The fraction of sp³-hybridized carbons (Fsp3) is 0.185. The number of piperazine rings is 1. The van der Waals surface area contributed by atoms with Gasteiger partial charge in [-0.05, 0) is 42.5 Å². The summed E-state index contributed by atoms with van der Waals surface area (Å²) in [4.78, 5) is 30.0. The Morgan fingerprint density at radius 2 is 1.53 bits per heavy atom. The van der Waals surface area contributed by atoms with Crippen molar-refractivity contribution in [2.24, 2.45) is 0 Å². The van der Waals surface area contributed by atoms with E-state index in [-0.39, 0.29) is 11.5 Å². The molecule has 1 aromatic heterocycles. The lowest BCUT2D eigenvalue weighted by atomic mass is 10.1. The van der Waals surface area contributed by atoms with Gasteiger partial charge in [-0.25, -0.2) is 0 Å². The van der Waals surface area contributed by atoms with Gasteiger partial charge in [0.2, 0.25) is 5.91 Å². The fourth-order valence-electron chi connectivity index (χ4n) is 4.45. The van der Waals surface area contributed by atoms with Gasteiger partial charge < -0.3 is 10.2 Å². The molecule has 3 aromatic carbocycles. The highest BCUT2D eigenvalue weighted by Gasteiger charge is 2.22. The van der Waals surface area contributed by atoms with Crippen LogP contribution in [0.3, 0.4) is 0 Å². The van der Waals surface area contributed by atoms with Crippen molar-refractivity contribution in [2.45, 2.75) is 0 Å². The van der Waals surface area contributed by atoms with Crippen LogP contribution in [-0.4, -0.2) is 48.1 Å². The van der Waals surface area contributed by atoms with Gasteiger partial charge in [-0.3, -0.25) is 19.1 Å². The number of pyridine rings is 1. The predicted octanol–water partition coefficient (Wildman–Crippen LogP) is 4.40. The maximum Gasteiger partial charge on any atom is 0.257 e. The summed E-state index contributed by atoms with van der Waals surface area (Å²) < 4.78 is 1.76. The Morgan fingerprint density at radius 1 is 0.853 bits per heavy atom. The smallest absolute Gasteiger partial charge is 0.257 e. The Labute approximate surface area is 203 Å². The standard InChI is InChI=1S/C27H25ClN4O2/c28-20-10-12-21(13-11-20)29-26(33)19-30-14-16-31(17-15-30)25-18-27(34)32(22-6-2-1-3-7-22)24-9-5-4-8-23(24)25/h1-13,18H,14-17,19H2,(H,29,33). The summed E-state index contributed by atoms with van der Waals surface area (Å²) in [5.74, 6) is -0.0494. The number of halogens is 1. The number of benzene rings is 3. The molecule has 2 heterocycles. The lowest BCUT2D eigenvalue weighted by Crippen LogP contribution is -2.49. The average Bonchev–Trinajstić information content (AvgIpc) is 2.86. The summed E-state index contributed by atoms with van der Waals surface area (Å²) in [6.07, 6.45) is 0. The number of nitrogens with zero attached hydrogens (tertiary/aromatic N) is 3. The zero-order chi connectivity index (χ0) is 23.5. The van der Waals surface area contributed by atoms with Crippen molar-refractivity contribution >= 4 is 39.8 Å². The topological polar surface area (TPSA) is 57.6 Å². The minimum atomic E-state index is -0.0512. The van der Waals surface area contributed by atoms with E-state index in [0.717, 1.165) is 54.1 Å². The van der Waals surface area contributed by atoms with Crippen LogP contribution in [0.25, 0.3) is 16.6 Å². The van der Waals surface area contributed by atoms with Gasteiger partial charge in [0.05, 0.1) is 17.7 Å². The number of carbonyl (C=O) groups is 1. The van der Waals surface area contributed by atoms with E-state index in [1.165, 1.54) is 0 Å². The highest BCUT2D eigenvalue weighted by Crippen LogP contribution is 2.27. The molecule has 1 saturated heterocycles. The van der Waals surface area contributed by atoms with Gasteiger partial charge in [-0.2, -0.15) is 0 Å². The van der Waals surface area contributed by atoms with Gasteiger partial charge >= 0.3 is 0 Å². The van der Waals surface area contributed by atoms with Crippen molar-refractivity contribution < 1.29 is 4.79 Å². The minimum Gasteiger partial charge on any atom is -0.368 e. The maximum atomic E-state index is 13.2. The van der Waals surface area contributed by atoms with Crippen LogP contribution in [0.5, 0.6) is 0 Å². The Bertz CT molecular complexity index is 1360. The molecular formula is C27H25ClN4O2. The van der Waals surface area contributed by atoms with Crippen molar-refractivity contribution in [1.29, 1.82) is 0 Å². The van der Waals surface area contributed by atoms with E-state index in [2.05, 4.69) is 21.2 Å². The number of anilines is 2. The number of rotatable bonds is 5. The van der Waals surface area contributed by atoms with Crippen LogP contribution in [0.1, 0.15) is 0 Å². The Morgan fingerprint density at radius 3 is 2.26 bits per heavy atom. The molecule has 34 heavy (non-hydrogen) atoms. The van der Waals surface area contributed by atoms with Gasteiger partial charge in [0.1, 0.15) is 0 Å². The van der Waals surface area contributed by atoms with E-state index in [9.17, 15) is 9.59 Å². The quantitative estimate of drug-likeness (QED) is 0.467. The number of carbonyl (C=O) groups excluding carboxylic acids is 1. The number of hydrogen-bond acceptors (Lipinski definition) is 4. The van der Waals surface area contributed by atoms with Gasteiger partial charge in [-0.15, -0.1) is 0 Å². The molecule has 1 aliphatic rings. The van der Waals surface area contributed by atoms with E-state index in [1.54, 1.807) is 34.9 Å². The van der Waals surface area contributed by atoms with Crippen molar-refractivity contribution in [3.8, 4) is 5.69 Å². The summed E-state index contributed by atoms with van der Waals surface area (Å²) in [7, 11) is 0. The van der Waals surface area contributed by atoms with Gasteiger partial charge in [-0.1, -0.05) is 48.0 Å². The first-order chi connectivity index (χ1) is 16.6. The van der Waals surface area contributed by atoms with Crippen molar-refractivity contribution in [2.75, 3.05) is 42.9 Å². The summed E-state index contributed by atoms with van der Waals surface area (Å²) in [5.41, 5.74) is 3.37. The number of nitrogens with one attached hydrogen (secondary N) is 1. The molecular weight excluding hydrogens is 448 g/mol. The molecule has 0 bridgehead atoms. The van der Waals surface area contributed by atoms with Crippen LogP contribution < -0.4 is 15.8 Å². The van der Waals surface area contributed by atoms with Gasteiger partial charge in [0, 0.05) is 54.0 Å². The van der Waals surface area contributed by atoms with E-state index >= 15 is 0 Å². The van der Waals surface area contributed by atoms with E-state index in [1.807, 2.05) is 48.5 Å². The molecule has 0 spiro atoms. The largest absolute Gasteiger partial charge is 0.368 e. The van der Waals surface area contributed by atoms with Crippen molar-refractivity contribution in [3.05, 3.63) is 100 Å². The average molecular weight is 473 g/mol. The van der Waals surface area contributed by atoms with Crippen LogP contribution >= 0.6 is 11.6 Å². The first kappa shape index (κ1) is 22.2. The number of amides is 1. The normalized spacial score (nSPS) is 14.3. The number of aromatic nitrogens is 1. The third-order valence-corrected chi connectivity index (χ3v) is 6.38. The molecule has 7 heteroatoms. The molecule has 1 fully saturated rings. The minimum absolute atomic E-state index is 0.0494. The Hall–Kier alpha value is -3.61. The fourth-order valence-corrected chi connectivity index (χ4v) is 4.58. The monoisotopic (exact) mass is 472 g/mol. The van der Waals surface area contributed by atoms with Crippen LogP contribution in [-0.2, 0) is 4.79 Å². The zero-order valence-electron chi connectivity index (χ0n) is 18.7. The first-order valence-corrected chi connectivity index (χ1v) is 11.7. The molecule has 6 nitrogen and oxygen atoms in total. The number of fused-ring (bicyclic) bond motifs is 1. The Kier molecular flexibility index (Phi) is 6.34. The summed E-state index contributed by atoms with van der Waals surface area (Å²) >= 11 is 5.91. The second-order valence-corrected chi connectivity index (χ2v) is 8.81. The number of hydrogen-bond donors (Lipinski definition) is 1.